The molecule has 100 valence electrons. The van der Waals surface area contributed by atoms with Gasteiger partial charge in [0.15, 0.2) is 5.75 Å². The van der Waals surface area contributed by atoms with Crippen molar-refractivity contribution >= 4 is 34.8 Å². The molecular formula is C13H11Cl2NO3. The van der Waals surface area contributed by atoms with E-state index >= 15 is 0 Å². The summed E-state index contributed by atoms with van der Waals surface area (Å²) in [5.74, 6) is 0.269. The van der Waals surface area contributed by atoms with Crippen molar-refractivity contribution < 1.29 is 14.3 Å². The molecule has 0 fully saturated rings. The van der Waals surface area contributed by atoms with Crippen LogP contribution in [0.15, 0.2) is 34.9 Å². The maximum atomic E-state index is 11.7. The summed E-state index contributed by atoms with van der Waals surface area (Å²) in [6.45, 7) is 0. The van der Waals surface area contributed by atoms with Crippen molar-refractivity contribution in [1.82, 2.24) is 0 Å². The zero-order valence-corrected chi connectivity index (χ0v) is 11.3. The van der Waals surface area contributed by atoms with Gasteiger partial charge in [-0.1, -0.05) is 23.2 Å². The minimum absolute atomic E-state index is 0.0915. The number of hydrogen-bond acceptors (Lipinski definition) is 3. The predicted molar refractivity (Wildman–Crippen MR) is 73.8 cm³/mol. The van der Waals surface area contributed by atoms with Gasteiger partial charge in [-0.3, -0.25) is 4.79 Å². The Bertz CT molecular complexity index is 582. The fourth-order valence-corrected chi connectivity index (χ4v) is 2.06. The molecule has 0 spiro atoms. The Hall–Kier alpha value is -1.65. The van der Waals surface area contributed by atoms with Crippen molar-refractivity contribution in [3.05, 3.63) is 46.3 Å². The number of carbonyl (C=O) groups is 1. The second-order valence-corrected chi connectivity index (χ2v) is 4.75. The Morgan fingerprint density at radius 3 is 2.84 bits per heavy atom. The van der Waals surface area contributed by atoms with E-state index in [0.29, 0.717) is 11.4 Å². The molecule has 4 nitrogen and oxygen atoms in total. The number of furan rings is 1. The second kappa shape index (κ2) is 5.99. The van der Waals surface area contributed by atoms with E-state index in [4.69, 9.17) is 27.6 Å². The molecule has 0 aliphatic carbocycles. The largest absolute Gasteiger partial charge is 0.504 e. The van der Waals surface area contributed by atoms with Gasteiger partial charge in [0, 0.05) is 17.9 Å². The lowest BCUT2D eigenvalue weighted by Gasteiger charge is -2.08. The van der Waals surface area contributed by atoms with E-state index in [2.05, 4.69) is 5.32 Å². The number of aryl methyl sites for hydroxylation is 1. The SMILES string of the molecule is O=C(CCc1ccco1)Nc1cc(Cl)cc(Cl)c1O. The van der Waals surface area contributed by atoms with Gasteiger partial charge in [-0.15, -0.1) is 0 Å². The van der Waals surface area contributed by atoms with E-state index < -0.39 is 0 Å². The lowest BCUT2D eigenvalue weighted by molar-refractivity contribution is -0.116. The van der Waals surface area contributed by atoms with Gasteiger partial charge in [0.1, 0.15) is 5.76 Å². The number of hydrogen-bond donors (Lipinski definition) is 2. The summed E-state index contributed by atoms with van der Waals surface area (Å²) in [4.78, 5) is 11.7. The summed E-state index contributed by atoms with van der Waals surface area (Å²) < 4.78 is 5.12. The van der Waals surface area contributed by atoms with Crippen LogP contribution in [0.1, 0.15) is 12.2 Å². The quantitative estimate of drug-likeness (QED) is 0.843. The number of phenols is 1. The summed E-state index contributed by atoms with van der Waals surface area (Å²) in [5.41, 5.74) is 0.196. The van der Waals surface area contributed by atoms with Gasteiger partial charge in [0.25, 0.3) is 0 Å². The first-order valence-electron chi connectivity index (χ1n) is 5.56. The number of benzene rings is 1. The molecule has 0 unspecified atom stereocenters. The van der Waals surface area contributed by atoms with Crippen LogP contribution in [0.3, 0.4) is 0 Å². The van der Waals surface area contributed by atoms with Crippen molar-refractivity contribution in [3.63, 3.8) is 0 Å². The molecule has 6 heteroatoms. The van der Waals surface area contributed by atoms with Gasteiger partial charge in [-0.05, 0) is 24.3 Å². The van der Waals surface area contributed by atoms with Crippen LogP contribution >= 0.6 is 23.2 Å². The number of carbonyl (C=O) groups excluding carboxylic acids is 1. The molecule has 19 heavy (non-hydrogen) atoms. The Kier molecular flexibility index (Phi) is 4.35. The molecular weight excluding hydrogens is 289 g/mol. The van der Waals surface area contributed by atoms with Crippen molar-refractivity contribution in [2.45, 2.75) is 12.8 Å². The number of aromatic hydroxyl groups is 1. The van der Waals surface area contributed by atoms with E-state index in [1.807, 2.05) is 0 Å². The van der Waals surface area contributed by atoms with E-state index in [0.717, 1.165) is 5.76 Å². The first-order valence-corrected chi connectivity index (χ1v) is 6.32. The molecule has 1 heterocycles. The molecule has 0 atom stereocenters. The molecule has 1 amide bonds. The summed E-state index contributed by atoms with van der Waals surface area (Å²) >= 11 is 11.6. The average molecular weight is 300 g/mol. The molecule has 0 aliphatic heterocycles. The summed E-state index contributed by atoms with van der Waals surface area (Å²) in [5, 5.41) is 12.7. The summed E-state index contributed by atoms with van der Waals surface area (Å²) in [7, 11) is 0. The molecule has 2 aromatic rings. The molecule has 0 radical (unpaired) electrons. The Labute approximate surface area is 119 Å². The molecule has 1 aromatic carbocycles. The van der Waals surface area contributed by atoms with Gasteiger partial charge in [0.2, 0.25) is 5.91 Å². The third-order valence-electron chi connectivity index (χ3n) is 2.48. The van der Waals surface area contributed by atoms with Crippen molar-refractivity contribution in [3.8, 4) is 5.75 Å². The highest BCUT2D eigenvalue weighted by molar-refractivity contribution is 6.36. The van der Waals surface area contributed by atoms with Crippen LogP contribution in [0.2, 0.25) is 10.0 Å². The van der Waals surface area contributed by atoms with Crippen LogP contribution in [0.25, 0.3) is 0 Å². The standard InChI is InChI=1S/C13H11Cl2NO3/c14-8-6-10(15)13(18)11(7-8)16-12(17)4-3-9-2-1-5-19-9/h1-2,5-7,18H,3-4H2,(H,16,17). The third-order valence-corrected chi connectivity index (χ3v) is 2.99. The number of rotatable bonds is 4. The number of amides is 1. The van der Waals surface area contributed by atoms with E-state index in [1.54, 1.807) is 18.4 Å². The van der Waals surface area contributed by atoms with Crippen LogP contribution in [0.4, 0.5) is 5.69 Å². The number of anilines is 1. The lowest BCUT2D eigenvalue weighted by Crippen LogP contribution is -2.12. The van der Waals surface area contributed by atoms with E-state index in [1.165, 1.54) is 12.1 Å². The Balaban J connectivity index is 1.99. The highest BCUT2D eigenvalue weighted by Crippen LogP contribution is 2.35. The predicted octanol–water partition coefficient (Wildman–Crippen LogP) is 3.86. The smallest absolute Gasteiger partial charge is 0.224 e. The van der Waals surface area contributed by atoms with E-state index in [-0.39, 0.29) is 28.8 Å². The van der Waals surface area contributed by atoms with Gasteiger partial charge in [0.05, 0.1) is 17.0 Å². The van der Waals surface area contributed by atoms with Crippen molar-refractivity contribution in [1.29, 1.82) is 0 Å². The monoisotopic (exact) mass is 299 g/mol. The Morgan fingerprint density at radius 2 is 2.16 bits per heavy atom. The maximum absolute atomic E-state index is 11.7. The van der Waals surface area contributed by atoms with Crippen molar-refractivity contribution in [2.75, 3.05) is 5.32 Å². The summed E-state index contributed by atoms with van der Waals surface area (Å²) in [6, 6.07) is 6.39. The zero-order chi connectivity index (χ0) is 13.8. The first-order chi connectivity index (χ1) is 9.06. The highest BCUT2D eigenvalue weighted by Gasteiger charge is 2.11. The molecule has 0 bridgehead atoms. The Morgan fingerprint density at radius 1 is 1.37 bits per heavy atom. The molecule has 1 aromatic heterocycles. The molecule has 0 aliphatic rings. The van der Waals surface area contributed by atoms with Crippen LogP contribution in [-0.2, 0) is 11.2 Å². The number of phenolic OH excluding ortho intramolecular Hbond substituents is 1. The molecule has 0 saturated carbocycles. The maximum Gasteiger partial charge on any atom is 0.224 e. The minimum atomic E-state index is -0.259. The third kappa shape index (κ3) is 3.66. The first kappa shape index (κ1) is 13.8. The number of halogens is 2. The van der Waals surface area contributed by atoms with Gasteiger partial charge in [-0.25, -0.2) is 0 Å². The van der Waals surface area contributed by atoms with Gasteiger partial charge in [-0.2, -0.15) is 0 Å². The second-order valence-electron chi connectivity index (χ2n) is 3.91. The van der Waals surface area contributed by atoms with E-state index in [9.17, 15) is 9.90 Å². The van der Waals surface area contributed by atoms with Crippen LogP contribution < -0.4 is 5.32 Å². The molecule has 2 N–H and O–H groups in total. The van der Waals surface area contributed by atoms with Crippen LogP contribution in [0, 0.1) is 0 Å². The molecule has 0 saturated heterocycles. The topological polar surface area (TPSA) is 62.5 Å². The minimum Gasteiger partial charge on any atom is -0.504 e. The lowest BCUT2D eigenvalue weighted by atomic mass is 10.2. The van der Waals surface area contributed by atoms with Crippen LogP contribution in [-0.4, -0.2) is 11.0 Å². The fraction of sp³-hybridized carbons (Fsp3) is 0.154. The van der Waals surface area contributed by atoms with Gasteiger partial charge < -0.3 is 14.8 Å². The highest BCUT2D eigenvalue weighted by atomic mass is 35.5. The fourth-order valence-electron chi connectivity index (χ4n) is 1.57. The molecule has 2 rings (SSSR count). The van der Waals surface area contributed by atoms with Crippen molar-refractivity contribution in [2.24, 2.45) is 0 Å². The zero-order valence-electron chi connectivity index (χ0n) is 9.82. The summed E-state index contributed by atoms with van der Waals surface area (Å²) in [6.07, 6.45) is 2.26. The van der Waals surface area contributed by atoms with Gasteiger partial charge >= 0.3 is 0 Å². The normalized spacial score (nSPS) is 10.4. The average Bonchev–Trinajstić information content (AvgIpc) is 2.86. The van der Waals surface area contributed by atoms with Crippen LogP contribution in [0.5, 0.6) is 5.75 Å². The number of nitrogens with one attached hydrogen (secondary N) is 1.